The van der Waals surface area contributed by atoms with E-state index in [0.29, 0.717) is 6.61 Å². The summed E-state index contributed by atoms with van der Waals surface area (Å²) in [6, 6.07) is 5.92. The number of nitrogens with two attached hydrogens (primary N) is 1. The minimum Gasteiger partial charge on any atom is -0.496 e. The van der Waals surface area contributed by atoms with Gasteiger partial charge in [0, 0.05) is 10.4 Å². The van der Waals surface area contributed by atoms with Crippen molar-refractivity contribution in [1.29, 1.82) is 0 Å². The molecule has 14 heavy (non-hydrogen) atoms. The lowest BCUT2D eigenvalue weighted by molar-refractivity contribution is 0.126. The van der Waals surface area contributed by atoms with Gasteiger partial charge in [-0.25, -0.2) is 5.90 Å². The minimum absolute atomic E-state index is 0.225. The summed E-state index contributed by atoms with van der Waals surface area (Å²) in [4.78, 5) is 4.62. The van der Waals surface area contributed by atoms with Crippen molar-refractivity contribution in [2.75, 3.05) is 13.7 Å². The second kappa shape index (κ2) is 5.34. The van der Waals surface area contributed by atoms with Crippen molar-refractivity contribution in [1.82, 2.24) is 0 Å². The van der Waals surface area contributed by atoms with Gasteiger partial charge in [0.25, 0.3) is 0 Å². The van der Waals surface area contributed by atoms with Crippen LogP contribution in [0.15, 0.2) is 22.7 Å². The van der Waals surface area contributed by atoms with Crippen LogP contribution < -0.4 is 10.6 Å². The van der Waals surface area contributed by atoms with Gasteiger partial charge in [0.15, 0.2) is 0 Å². The van der Waals surface area contributed by atoms with E-state index in [1.54, 1.807) is 7.11 Å². The van der Waals surface area contributed by atoms with Crippen LogP contribution in [0, 0.1) is 0 Å². The van der Waals surface area contributed by atoms with Crippen molar-refractivity contribution in [2.24, 2.45) is 5.90 Å². The van der Waals surface area contributed by atoms with Gasteiger partial charge in [-0.15, -0.1) is 0 Å². The second-order valence-electron chi connectivity index (χ2n) is 3.12. The van der Waals surface area contributed by atoms with Gasteiger partial charge in [-0.1, -0.05) is 28.9 Å². The maximum absolute atomic E-state index is 5.27. The molecule has 0 aliphatic rings. The fourth-order valence-electron chi connectivity index (χ4n) is 1.33. The minimum atomic E-state index is 0.225. The molecular weight excluding hydrogens is 246 g/mol. The molecule has 0 saturated carbocycles. The fraction of sp³-hybridized carbons (Fsp3) is 0.400. The molecule has 0 radical (unpaired) electrons. The van der Waals surface area contributed by atoms with Crippen LogP contribution in [0.3, 0.4) is 0 Å². The average molecular weight is 260 g/mol. The largest absolute Gasteiger partial charge is 0.496 e. The molecule has 0 aliphatic heterocycles. The highest BCUT2D eigenvalue weighted by atomic mass is 79.9. The predicted octanol–water partition coefficient (Wildman–Crippen LogP) is 2.45. The molecular formula is C10H14BrNO2. The van der Waals surface area contributed by atoms with Crippen molar-refractivity contribution in [3.63, 3.8) is 0 Å². The Bertz CT molecular complexity index is 304. The smallest absolute Gasteiger partial charge is 0.123 e. The second-order valence-corrected chi connectivity index (χ2v) is 4.04. The molecule has 3 nitrogen and oxygen atoms in total. The predicted molar refractivity (Wildman–Crippen MR) is 59.2 cm³/mol. The lowest BCUT2D eigenvalue weighted by atomic mass is 10.0. The molecule has 0 aromatic heterocycles. The zero-order valence-electron chi connectivity index (χ0n) is 8.29. The van der Waals surface area contributed by atoms with Crippen LogP contribution >= 0.6 is 15.9 Å². The SMILES string of the molecule is COc1cc(Br)ccc1C(C)CON. The topological polar surface area (TPSA) is 44.5 Å². The van der Waals surface area contributed by atoms with E-state index in [2.05, 4.69) is 20.8 Å². The molecule has 0 fully saturated rings. The molecule has 1 atom stereocenters. The molecule has 4 heteroatoms. The van der Waals surface area contributed by atoms with Crippen LogP contribution in [0.4, 0.5) is 0 Å². The van der Waals surface area contributed by atoms with Crippen molar-refractivity contribution in [3.05, 3.63) is 28.2 Å². The highest BCUT2D eigenvalue weighted by Crippen LogP contribution is 2.29. The Morgan fingerprint density at radius 1 is 1.50 bits per heavy atom. The summed E-state index contributed by atoms with van der Waals surface area (Å²) in [6.45, 7) is 2.52. The summed E-state index contributed by atoms with van der Waals surface area (Å²) in [5, 5.41) is 0. The van der Waals surface area contributed by atoms with E-state index < -0.39 is 0 Å². The first-order valence-corrected chi connectivity index (χ1v) is 5.13. The Balaban J connectivity index is 2.95. The molecule has 1 unspecified atom stereocenters. The van der Waals surface area contributed by atoms with E-state index in [4.69, 9.17) is 10.6 Å². The van der Waals surface area contributed by atoms with Gasteiger partial charge in [-0.2, -0.15) is 0 Å². The molecule has 0 aliphatic carbocycles. The highest BCUT2D eigenvalue weighted by Gasteiger charge is 2.11. The standard InChI is InChI=1S/C10H14BrNO2/c1-7(6-14-12)9-4-3-8(11)5-10(9)13-2/h3-5,7H,6,12H2,1-2H3. The molecule has 0 amide bonds. The summed E-state index contributed by atoms with van der Waals surface area (Å²) >= 11 is 3.39. The van der Waals surface area contributed by atoms with Gasteiger partial charge in [-0.3, -0.25) is 0 Å². The third-order valence-electron chi connectivity index (χ3n) is 2.07. The maximum Gasteiger partial charge on any atom is 0.123 e. The average Bonchev–Trinajstić information content (AvgIpc) is 2.17. The van der Waals surface area contributed by atoms with Crippen LogP contribution in [0.2, 0.25) is 0 Å². The van der Waals surface area contributed by atoms with E-state index in [1.165, 1.54) is 0 Å². The van der Waals surface area contributed by atoms with Crippen LogP contribution in [-0.2, 0) is 4.84 Å². The number of halogens is 1. The third kappa shape index (κ3) is 2.70. The first kappa shape index (κ1) is 11.5. The number of hydrogen-bond donors (Lipinski definition) is 1. The summed E-state index contributed by atoms with van der Waals surface area (Å²) in [5.74, 6) is 6.11. The number of methoxy groups -OCH3 is 1. The van der Waals surface area contributed by atoms with Gasteiger partial charge >= 0.3 is 0 Å². The summed E-state index contributed by atoms with van der Waals surface area (Å²) in [7, 11) is 1.65. The first-order valence-electron chi connectivity index (χ1n) is 4.34. The van der Waals surface area contributed by atoms with Crippen LogP contribution in [0.1, 0.15) is 18.4 Å². The number of rotatable bonds is 4. The molecule has 78 valence electrons. The quantitative estimate of drug-likeness (QED) is 0.846. The third-order valence-corrected chi connectivity index (χ3v) is 2.57. The van der Waals surface area contributed by atoms with Crippen molar-refractivity contribution < 1.29 is 9.57 Å². The van der Waals surface area contributed by atoms with Gasteiger partial charge in [0.1, 0.15) is 5.75 Å². The van der Waals surface area contributed by atoms with E-state index in [-0.39, 0.29) is 5.92 Å². The highest BCUT2D eigenvalue weighted by molar-refractivity contribution is 9.10. The summed E-state index contributed by atoms with van der Waals surface area (Å²) in [6.07, 6.45) is 0. The molecule has 1 aromatic rings. The van der Waals surface area contributed by atoms with Gasteiger partial charge < -0.3 is 9.57 Å². The molecule has 1 aromatic carbocycles. The monoisotopic (exact) mass is 259 g/mol. The zero-order chi connectivity index (χ0) is 10.6. The number of ether oxygens (including phenoxy) is 1. The number of hydrogen-bond acceptors (Lipinski definition) is 3. The van der Waals surface area contributed by atoms with Crippen LogP contribution in [-0.4, -0.2) is 13.7 Å². The fourth-order valence-corrected chi connectivity index (χ4v) is 1.67. The normalized spacial score (nSPS) is 12.6. The first-order chi connectivity index (χ1) is 6.69. The van der Waals surface area contributed by atoms with E-state index >= 15 is 0 Å². The number of benzene rings is 1. The lowest BCUT2D eigenvalue weighted by Gasteiger charge is -2.14. The van der Waals surface area contributed by atoms with Crippen molar-refractivity contribution in [2.45, 2.75) is 12.8 Å². The molecule has 0 bridgehead atoms. The van der Waals surface area contributed by atoms with Crippen LogP contribution in [0.5, 0.6) is 5.75 Å². The Morgan fingerprint density at radius 2 is 2.21 bits per heavy atom. The summed E-state index contributed by atoms with van der Waals surface area (Å²) < 4.78 is 6.27. The van der Waals surface area contributed by atoms with Gasteiger partial charge in [0.2, 0.25) is 0 Å². The Labute approximate surface area is 92.3 Å². The van der Waals surface area contributed by atoms with Crippen molar-refractivity contribution in [3.8, 4) is 5.75 Å². The Kier molecular flexibility index (Phi) is 4.38. The lowest BCUT2D eigenvalue weighted by Crippen LogP contribution is -2.09. The Morgan fingerprint density at radius 3 is 2.79 bits per heavy atom. The molecule has 0 saturated heterocycles. The van der Waals surface area contributed by atoms with E-state index in [1.807, 2.05) is 25.1 Å². The van der Waals surface area contributed by atoms with Gasteiger partial charge in [-0.05, 0) is 17.7 Å². The Hall–Kier alpha value is -0.580. The van der Waals surface area contributed by atoms with E-state index in [9.17, 15) is 0 Å². The van der Waals surface area contributed by atoms with Crippen LogP contribution in [0.25, 0.3) is 0 Å². The molecule has 0 spiro atoms. The van der Waals surface area contributed by atoms with Gasteiger partial charge in [0.05, 0.1) is 13.7 Å². The van der Waals surface area contributed by atoms with Crippen molar-refractivity contribution >= 4 is 15.9 Å². The zero-order valence-corrected chi connectivity index (χ0v) is 9.87. The van der Waals surface area contributed by atoms with E-state index in [0.717, 1.165) is 15.8 Å². The maximum atomic E-state index is 5.27. The summed E-state index contributed by atoms with van der Waals surface area (Å²) in [5.41, 5.74) is 1.10. The molecule has 1 rings (SSSR count). The molecule has 0 heterocycles. The molecule has 2 N–H and O–H groups in total.